The monoisotopic (exact) mass is 385 g/mol. The zero-order valence-corrected chi connectivity index (χ0v) is 16.1. The van der Waals surface area contributed by atoms with Crippen molar-refractivity contribution in [2.24, 2.45) is 0 Å². The first-order valence-electron chi connectivity index (χ1n) is 9.78. The van der Waals surface area contributed by atoms with Gasteiger partial charge in [0.05, 0.1) is 12.6 Å². The molecule has 2 heterocycles. The number of carbonyl (C=O) groups is 2. The highest BCUT2D eigenvalue weighted by molar-refractivity contribution is 5.74. The molecule has 1 aliphatic heterocycles. The molecule has 1 aromatic carbocycles. The van der Waals surface area contributed by atoms with E-state index in [2.05, 4.69) is 20.7 Å². The van der Waals surface area contributed by atoms with E-state index in [1.54, 1.807) is 0 Å². The molecule has 2 aromatic rings. The van der Waals surface area contributed by atoms with Gasteiger partial charge in [0.25, 0.3) is 0 Å². The third-order valence-corrected chi connectivity index (χ3v) is 4.92. The van der Waals surface area contributed by atoms with Crippen LogP contribution in [0.15, 0.2) is 30.3 Å². The molecule has 2 atom stereocenters. The maximum Gasteiger partial charge on any atom is 0.315 e. The second-order valence-corrected chi connectivity index (χ2v) is 7.15. The predicted octanol–water partition coefficient (Wildman–Crippen LogP) is 1.93. The highest BCUT2D eigenvalue weighted by Gasteiger charge is 2.23. The minimum absolute atomic E-state index is 0.0172. The maximum atomic E-state index is 12.5. The fourth-order valence-electron chi connectivity index (χ4n) is 3.46. The summed E-state index contributed by atoms with van der Waals surface area (Å²) < 4.78 is 1.87. The summed E-state index contributed by atoms with van der Waals surface area (Å²) in [5.74, 6) is 0.938. The third-order valence-electron chi connectivity index (χ3n) is 4.92. The molecule has 0 aliphatic carbocycles. The van der Waals surface area contributed by atoms with Crippen molar-refractivity contribution >= 4 is 12.0 Å². The quantitative estimate of drug-likeness (QED) is 0.643. The van der Waals surface area contributed by atoms with E-state index in [1.165, 1.54) is 0 Å². The van der Waals surface area contributed by atoms with Crippen molar-refractivity contribution in [3.05, 3.63) is 47.5 Å². The molecule has 0 radical (unpaired) electrons. The molecule has 0 bridgehead atoms. The van der Waals surface area contributed by atoms with E-state index in [0.29, 0.717) is 19.4 Å². The fraction of sp³-hybridized carbons (Fsp3) is 0.500. The molecule has 3 N–H and O–H groups in total. The topological polar surface area (TPSA) is 109 Å². The van der Waals surface area contributed by atoms with Gasteiger partial charge < -0.3 is 15.7 Å². The number of carboxylic acid groups (broad SMARTS) is 1. The minimum atomic E-state index is -0.863. The van der Waals surface area contributed by atoms with Crippen molar-refractivity contribution in [1.29, 1.82) is 0 Å². The molecule has 1 aliphatic rings. The van der Waals surface area contributed by atoms with Crippen molar-refractivity contribution < 1.29 is 14.7 Å². The number of amides is 2. The Labute approximate surface area is 164 Å². The smallest absolute Gasteiger partial charge is 0.315 e. The first-order chi connectivity index (χ1) is 13.5. The number of carbonyl (C=O) groups excluding carboxylic acids is 1. The van der Waals surface area contributed by atoms with Crippen molar-refractivity contribution in [1.82, 2.24) is 25.4 Å². The average Bonchev–Trinajstić information content (AvgIpc) is 3.09. The number of benzene rings is 1. The first-order valence-corrected chi connectivity index (χ1v) is 9.78. The summed E-state index contributed by atoms with van der Waals surface area (Å²) >= 11 is 0. The third kappa shape index (κ3) is 5.55. The average molecular weight is 385 g/mol. The minimum Gasteiger partial charge on any atom is -0.481 e. The van der Waals surface area contributed by atoms with Gasteiger partial charge >= 0.3 is 12.0 Å². The number of urea groups is 1. The van der Waals surface area contributed by atoms with Crippen LogP contribution in [0.25, 0.3) is 0 Å². The summed E-state index contributed by atoms with van der Waals surface area (Å²) in [5.41, 5.74) is 1.07. The van der Waals surface area contributed by atoms with Crippen LogP contribution in [0.4, 0.5) is 4.79 Å². The molecule has 0 saturated carbocycles. The number of aromatic nitrogens is 3. The van der Waals surface area contributed by atoms with Gasteiger partial charge in [0.15, 0.2) is 5.82 Å². The van der Waals surface area contributed by atoms with Crippen LogP contribution in [0.5, 0.6) is 0 Å². The van der Waals surface area contributed by atoms with Crippen LogP contribution in [0.3, 0.4) is 0 Å². The normalized spacial score (nSPS) is 16.8. The van der Waals surface area contributed by atoms with Gasteiger partial charge in [-0.05, 0) is 24.8 Å². The van der Waals surface area contributed by atoms with Crippen LogP contribution in [0.2, 0.25) is 0 Å². The molecule has 2 unspecified atom stereocenters. The Morgan fingerprint density at radius 1 is 1.32 bits per heavy atom. The largest absolute Gasteiger partial charge is 0.481 e. The van der Waals surface area contributed by atoms with E-state index in [9.17, 15) is 9.59 Å². The van der Waals surface area contributed by atoms with Gasteiger partial charge in [-0.3, -0.25) is 4.79 Å². The number of hydrogen-bond acceptors (Lipinski definition) is 4. The highest BCUT2D eigenvalue weighted by atomic mass is 16.4. The standard InChI is InChI=1S/C20H27N5O3/c1-2-17-23-18-10-8-16(13-25(18)24-17)22-20(28)21-15(9-11-19(26)27)12-14-6-4-3-5-7-14/h3-7,15-16H,2,8-13H2,1H3,(H,26,27)(H2,21,22,28). The van der Waals surface area contributed by atoms with Crippen molar-refractivity contribution in [3.63, 3.8) is 0 Å². The highest BCUT2D eigenvalue weighted by Crippen LogP contribution is 2.14. The maximum absolute atomic E-state index is 12.5. The predicted molar refractivity (Wildman–Crippen MR) is 104 cm³/mol. The van der Waals surface area contributed by atoms with Crippen molar-refractivity contribution in [3.8, 4) is 0 Å². The Kier molecular flexibility index (Phi) is 6.62. The molecule has 28 heavy (non-hydrogen) atoms. The zero-order valence-electron chi connectivity index (χ0n) is 16.1. The summed E-state index contributed by atoms with van der Waals surface area (Å²) in [7, 11) is 0. The molecule has 1 aromatic heterocycles. The Morgan fingerprint density at radius 3 is 2.82 bits per heavy atom. The number of fused-ring (bicyclic) bond motifs is 1. The number of nitrogens with zero attached hydrogens (tertiary/aromatic N) is 3. The summed E-state index contributed by atoms with van der Waals surface area (Å²) in [6.45, 7) is 2.63. The molecular formula is C20H27N5O3. The van der Waals surface area contributed by atoms with Crippen LogP contribution in [-0.2, 0) is 30.6 Å². The molecule has 0 fully saturated rings. The van der Waals surface area contributed by atoms with Crippen molar-refractivity contribution in [2.75, 3.05) is 0 Å². The number of aryl methyl sites for hydroxylation is 2. The van der Waals surface area contributed by atoms with E-state index < -0.39 is 5.97 Å². The van der Waals surface area contributed by atoms with Gasteiger partial charge in [0.2, 0.25) is 0 Å². The Balaban J connectivity index is 1.56. The lowest BCUT2D eigenvalue weighted by Crippen LogP contribution is -2.49. The number of aliphatic carboxylic acids is 1. The second kappa shape index (κ2) is 9.34. The Hall–Kier alpha value is -2.90. The van der Waals surface area contributed by atoms with Gasteiger partial charge in [-0.15, -0.1) is 0 Å². The van der Waals surface area contributed by atoms with E-state index in [0.717, 1.165) is 36.5 Å². The van der Waals surface area contributed by atoms with E-state index in [1.807, 2.05) is 41.9 Å². The Morgan fingerprint density at radius 2 is 2.11 bits per heavy atom. The van der Waals surface area contributed by atoms with Crippen LogP contribution in [-0.4, -0.2) is 44.0 Å². The first kappa shape index (κ1) is 19.9. The lowest BCUT2D eigenvalue weighted by atomic mass is 10.0. The van der Waals surface area contributed by atoms with Gasteiger partial charge in [-0.2, -0.15) is 5.10 Å². The van der Waals surface area contributed by atoms with Crippen LogP contribution in [0.1, 0.15) is 43.4 Å². The van der Waals surface area contributed by atoms with Crippen molar-refractivity contribution in [2.45, 2.75) is 64.1 Å². The second-order valence-electron chi connectivity index (χ2n) is 7.15. The van der Waals surface area contributed by atoms with Crippen LogP contribution < -0.4 is 10.6 Å². The molecular weight excluding hydrogens is 358 g/mol. The van der Waals surface area contributed by atoms with Gasteiger partial charge in [-0.25, -0.2) is 14.5 Å². The molecule has 8 nitrogen and oxygen atoms in total. The molecule has 0 saturated heterocycles. The molecule has 8 heteroatoms. The van der Waals surface area contributed by atoms with E-state index >= 15 is 0 Å². The van der Waals surface area contributed by atoms with Gasteiger partial charge in [-0.1, -0.05) is 37.3 Å². The molecule has 3 rings (SSSR count). The lowest BCUT2D eigenvalue weighted by Gasteiger charge is -2.25. The van der Waals surface area contributed by atoms with Gasteiger partial charge in [0.1, 0.15) is 5.82 Å². The van der Waals surface area contributed by atoms with Crippen LogP contribution >= 0.6 is 0 Å². The zero-order chi connectivity index (χ0) is 19.9. The fourth-order valence-corrected chi connectivity index (χ4v) is 3.46. The SMILES string of the molecule is CCc1nc2n(n1)CC(NC(=O)NC(CCC(=O)O)Cc1ccccc1)CC2. The molecule has 2 amide bonds. The molecule has 150 valence electrons. The number of hydrogen-bond donors (Lipinski definition) is 3. The lowest BCUT2D eigenvalue weighted by molar-refractivity contribution is -0.137. The number of rotatable bonds is 8. The Bertz CT molecular complexity index is 805. The summed E-state index contributed by atoms with van der Waals surface area (Å²) in [6.07, 6.45) is 3.39. The van der Waals surface area contributed by atoms with Crippen LogP contribution in [0, 0.1) is 0 Å². The summed E-state index contributed by atoms with van der Waals surface area (Å²) in [5, 5.41) is 19.4. The molecule has 0 spiro atoms. The summed E-state index contributed by atoms with van der Waals surface area (Å²) in [4.78, 5) is 28.0. The van der Waals surface area contributed by atoms with E-state index in [4.69, 9.17) is 5.11 Å². The summed E-state index contributed by atoms with van der Waals surface area (Å²) in [6, 6.07) is 9.24. The van der Waals surface area contributed by atoms with E-state index in [-0.39, 0.29) is 24.5 Å². The van der Waals surface area contributed by atoms with Gasteiger partial charge in [0, 0.05) is 25.3 Å². The number of nitrogens with one attached hydrogen (secondary N) is 2. The number of carboxylic acids is 1.